The van der Waals surface area contributed by atoms with Gasteiger partial charge in [-0.3, -0.25) is 4.79 Å². The Labute approximate surface area is 156 Å². The van der Waals surface area contributed by atoms with Crippen molar-refractivity contribution in [3.8, 4) is 11.5 Å². The molecule has 0 fully saturated rings. The van der Waals surface area contributed by atoms with Gasteiger partial charge in [0.25, 0.3) is 0 Å². The SMILES string of the molecule is CCOC(=O)c1c[nH]c2cc(C)c(OCCOc3ccccc3)cc2c1=O. The monoisotopic (exact) mass is 367 g/mol. The van der Waals surface area contributed by atoms with Crippen LogP contribution >= 0.6 is 0 Å². The summed E-state index contributed by atoms with van der Waals surface area (Å²) in [6, 6.07) is 12.9. The van der Waals surface area contributed by atoms with E-state index in [-0.39, 0.29) is 17.6 Å². The highest BCUT2D eigenvalue weighted by Gasteiger charge is 2.15. The Balaban J connectivity index is 1.77. The number of aromatic amines is 1. The molecular weight excluding hydrogens is 346 g/mol. The van der Waals surface area contributed by atoms with E-state index in [1.54, 1.807) is 13.0 Å². The molecule has 0 aliphatic rings. The molecule has 3 rings (SSSR count). The number of esters is 1. The molecule has 0 aliphatic carbocycles. The lowest BCUT2D eigenvalue weighted by molar-refractivity contribution is 0.0524. The number of fused-ring (bicyclic) bond motifs is 1. The van der Waals surface area contributed by atoms with E-state index in [9.17, 15) is 9.59 Å². The summed E-state index contributed by atoms with van der Waals surface area (Å²) >= 11 is 0. The van der Waals surface area contributed by atoms with Crippen molar-refractivity contribution in [2.45, 2.75) is 13.8 Å². The zero-order chi connectivity index (χ0) is 19.2. The van der Waals surface area contributed by atoms with Gasteiger partial charge in [-0.2, -0.15) is 0 Å². The van der Waals surface area contributed by atoms with Gasteiger partial charge in [0.05, 0.1) is 12.0 Å². The van der Waals surface area contributed by atoms with Crippen LogP contribution in [0.2, 0.25) is 0 Å². The number of aryl methyl sites for hydroxylation is 1. The number of hydrogen-bond acceptors (Lipinski definition) is 5. The highest BCUT2D eigenvalue weighted by Crippen LogP contribution is 2.23. The number of carbonyl (C=O) groups excluding carboxylic acids is 1. The highest BCUT2D eigenvalue weighted by atomic mass is 16.5. The van der Waals surface area contributed by atoms with Gasteiger partial charge >= 0.3 is 5.97 Å². The molecule has 0 aliphatic heterocycles. The first kappa shape index (κ1) is 18.5. The third-order valence-corrected chi connectivity index (χ3v) is 4.02. The molecule has 27 heavy (non-hydrogen) atoms. The Morgan fingerprint density at radius 2 is 1.81 bits per heavy atom. The number of ether oxygens (including phenoxy) is 3. The minimum absolute atomic E-state index is 0.0217. The van der Waals surface area contributed by atoms with Crippen molar-refractivity contribution < 1.29 is 19.0 Å². The molecule has 140 valence electrons. The van der Waals surface area contributed by atoms with Crippen LogP contribution in [0.4, 0.5) is 0 Å². The Morgan fingerprint density at radius 3 is 2.56 bits per heavy atom. The predicted octanol–water partition coefficient (Wildman–Crippen LogP) is 3.47. The normalized spacial score (nSPS) is 10.6. The fourth-order valence-electron chi connectivity index (χ4n) is 2.70. The quantitative estimate of drug-likeness (QED) is 0.511. The zero-order valence-corrected chi connectivity index (χ0v) is 15.3. The van der Waals surface area contributed by atoms with E-state index in [4.69, 9.17) is 14.2 Å². The Morgan fingerprint density at radius 1 is 1.07 bits per heavy atom. The van der Waals surface area contributed by atoms with Gasteiger partial charge in [-0.1, -0.05) is 18.2 Å². The van der Waals surface area contributed by atoms with Crippen molar-refractivity contribution in [2.24, 2.45) is 0 Å². The minimum Gasteiger partial charge on any atom is -0.490 e. The minimum atomic E-state index is -0.639. The molecule has 0 unspecified atom stereocenters. The molecule has 0 radical (unpaired) electrons. The first-order valence-electron chi connectivity index (χ1n) is 8.74. The summed E-state index contributed by atoms with van der Waals surface area (Å²) in [6.45, 7) is 4.50. The van der Waals surface area contributed by atoms with Crippen LogP contribution < -0.4 is 14.9 Å². The number of para-hydroxylation sites is 1. The predicted molar refractivity (Wildman–Crippen MR) is 103 cm³/mol. The highest BCUT2D eigenvalue weighted by molar-refractivity contribution is 5.94. The summed E-state index contributed by atoms with van der Waals surface area (Å²) in [5, 5.41) is 0.380. The number of H-pyrrole nitrogens is 1. The maximum Gasteiger partial charge on any atom is 0.343 e. The van der Waals surface area contributed by atoms with Crippen LogP contribution in [-0.2, 0) is 4.74 Å². The first-order valence-corrected chi connectivity index (χ1v) is 8.74. The fraction of sp³-hybridized carbons (Fsp3) is 0.238. The number of aromatic nitrogens is 1. The molecule has 2 aromatic carbocycles. The van der Waals surface area contributed by atoms with Gasteiger partial charge in [-0.25, -0.2) is 4.79 Å². The largest absolute Gasteiger partial charge is 0.490 e. The van der Waals surface area contributed by atoms with Crippen molar-refractivity contribution in [3.05, 3.63) is 70.0 Å². The number of benzene rings is 2. The Kier molecular flexibility index (Phi) is 5.76. The van der Waals surface area contributed by atoms with E-state index in [2.05, 4.69) is 4.98 Å². The Bertz CT molecular complexity index is 995. The lowest BCUT2D eigenvalue weighted by Crippen LogP contribution is -2.18. The van der Waals surface area contributed by atoms with Gasteiger partial charge < -0.3 is 19.2 Å². The number of rotatable bonds is 7. The maximum atomic E-state index is 12.6. The number of hydrogen-bond donors (Lipinski definition) is 1. The van der Waals surface area contributed by atoms with E-state index < -0.39 is 5.97 Å². The van der Waals surface area contributed by atoms with Crippen LogP contribution in [0.5, 0.6) is 11.5 Å². The second-order valence-corrected chi connectivity index (χ2v) is 5.93. The molecule has 0 spiro atoms. The summed E-state index contributed by atoms with van der Waals surface area (Å²) in [4.78, 5) is 27.5. The van der Waals surface area contributed by atoms with Gasteiger partial charge in [0.1, 0.15) is 30.3 Å². The molecule has 0 saturated carbocycles. The molecule has 1 aromatic heterocycles. The second-order valence-electron chi connectivity index (χ2n) is 5.93. The summed E-state index contributed by atoms with van der Waals surface area (Å²) in [7, 11) is 0. The van der Waals surface area contributed by atoms with Crippen molar-refractivity contribution in [1.82, 2.24) is 4.98 Å². The smallest absolute Gasteiger partial charge is 0.343 e. The summed E-state index contributed by atoms with van der Waals surface area (Å²) in [6.07, 6.45) is 1.39. The van der Waals surface area contributed by atoms with Crippen LogP contribution in [0.3, 0.4) is 0 Å². The number of nitrogens with one attached hydrogen (secondary N) is 1. The number of pyridine rings is 1. The third kappa shape index (κ3) is 4.28. The molecule has 3 aromatic rings. The average molecular weight is 367 g/mol. The molecule has 1 heterocycles. The van der Waals surface area contributed by atoms with Crippen LogP contribution in [0, 0.1) is 6.92 Å². The van der Waals surface area contributed by atoms with Crippen LogP contribution in [0.1, 0.15) is 22.8 Å². The van der Waals surface area contributed by atoms with Crippen molar-refractivity contribution in [3.63, 3.8) is 0 Å². The summed E-state index contributed by atoms with van der Waals surface area (Å²) < 4.78 is 16.3. The first-order chi connectivity index (χ1) is 13.1. The van der Waals surface area contributed by atoms with E-state index in [1.807, 2.05) is 43.3 Å². The molecule has 0 atom stereocenters. The van der Waals surface area contributed by atoms with Gasteiger partial charge in [-0.05, 0) is 43.7 Å². The fourth-order valence-corrected chi connectivity index (χ4v) is 2.70. The lowest BCUT2D eigenvalue weighted by atomic mass is 10.1. The van der Waals surface area contributed by atoms with Crippen LogP contribution in [0.15, 0.2) is 53.5 Å². The van der Waals surface area contributed by atoms with Gasteiger partial charge in [0, 0.05) is 11.7 Å². The molecule has 0 saturated heterocycles. The molecule has 1 N–H and O–H groups in total. The topological polar surface area (TPSA) is 77.6 Å². The summed E-state index contributed by atoms with van der Waals surface area (Å²) in [5.74, 6) is 0.706. The second kappa shape index (κ2) is 8.40. The van der Waals surface area contributed by atoms with E-state index >= 15 is 0 Å². The lowest BCUT2D eigenvalue weighted by Gasteiger charge is -2.12. The van der Waals surface area contributed by atoms with Gasteiger partial charge in [0.15, 0.2) is 0 Å². The van der Waals surface area contributed by atoms with Crippen LogP contribution in [-0.4, -0.2) is 30.8 Å². The molecule has 0 bridgehead atoms. The third-order valence-electron chi connectivity index (χ3n) is 4.02. The molecular formula is C21H21NO5. The maximum absolute atomic E-state index is 12.6. The van der Waals surface area contributed by atoms with E-state index in [0.29, 0.717) is 29.9 Å². The van der Waals surface area contributed by atoms with Gasteiger partial charge in [0.2, 0.25) is 5.43 Å². The van der Waals surface area contributed by atoms with E-state index in [0.717, 1.165) is 11.3 Å². The van der Waals surface area contributed by atoms with Crippen LogP contribution in [0.25, 0.3) is 10.9 Å². The van der Waals surface area contributed by atoms with Crippen molar-refractivity contribution in [2.75, 3.05) is 19.8 Å². The molecule has 6 nitrogen and oxygen atoms in total. The average Bonchev–Trinajstić information content (AvgIpc) is 2.67. The zero-order valence-electron chi connectivity index (χ0n) is 15.3. The Hall–Kier alpha value is -3.28. The molecule has 6 heteroatoms. The van der Waals surface area contributed by atoms with Crippen molar-refractivity contribution in [1.29, 1.82) is 0 Å². The van der Waals surface area contributed by atoms with E-state index in [1.165, 1.54) is 6.20 Å². The van der Waals surface area contributed by atoms with Gasteiger partial charge in [-0.15, -0.1) is 0 Å². The van der Waals surface area contributed by atoms with Crippen molar-refractivity contribution >= 4 is 16.9 Å². The number of carbonyl (C=O) groups is 1. The molecule has 0 amide bonds. The summed E-state index contributed by atoms with van der Waals surface area (Å²) in [5.41, 5.74) is 1.11. The standard InChI is InChI=1S/C21H21NO5/c1-3-25-21(24)17-13-22-18-11-14(2)19(12-16(18)20(17)23)27-10-9-26-15-7-5-4-6-8-15/h4-8,11-13H,3,9-10H2,1-2H3,(H,22,23).